The summed E-state index contributed by atoms with van der Waals surface area (Å²) >= 11 is 0. The van der Waals surface area contributed by atoms with E-state index in [1.54, 1.807) is 12.1 Å². The number of ketones is 1. The number of methoxy groups -OCH3 is 1. The predicted molar refractivity (Wildman–Crippen MR) is 139 cm³/mol. The highest BCUT2D eigenvalue weighted by molar-refractivity contribution is 6.00. The minimum absolute atomic E-state index is 0.0311. The standard InChI is InChI=1S/C28H34O14/c1-11-21(31)23(33)25(35)27(39-11)38-10-20-22(32)24(34)26(36)28(42-20)40-13-4-5-14-15(29)9-18(41-19(14)8-13)12-3-6-17(37-2)16(30)7-12/h3-8,11,18,20-28,30-36H,9-10H2,1-2H3/t11-,18-,20+,21-,22+,23+,24-,25+,26+,27+,28+/m0/s1. The molecule has 0 radical (unpaired) electrons. The lowest BCUT2D eigenvalue weighted by Gasteiger charge is -2.42. The van der Waals surface area contributed by atoms with E-state index in [4.69, 9.17) is 28.4 Å². The van der Waals surface area contributed by atoms with Gasteiger partial charge in [0.05, 0.1) is 31.8 Å². The molecule has 0 aliphatic carbocycles. The van der Waals surface area contributed by atoms with Crippen LogP contribution in [0.25, 0.3) is 0 Å². The lowest BCUT2D eigenvalue weighted by molar-refractivity contribution is -0.318. The van der Waals surface area contributed by atoms with Crippen molar-refractivity contribution in [2.45, 2.75) is 80.9 Å². The number of aromatic hydroxyl groups is 1. The van der Waals surface area contributed by atoms with E-state index in [0.29, 0.717) is 11.1 Å². The number of carbonyl (C=O) groups is 1. The second-order valence-corrected chi connectivity index (χ2v) is 10.5. The van der Waals surface area contributed by atoms with E-state index in [2.05, 4.69) is 0 Å². The maximum Gasteiger partial charge on any atom is 0.229 e. The Hall–Kier alpha value is -3.05. The third kappa shape index (κ3) is 5.90. The van der Waals surface area contributed by atoms with E-state index in [0.717, 1.165) is 0 Å². The van der Waals surface area contributed by atoms with Gasteiger partial charge in [0.1, 0.15) is 60.3 Å². The monoisotopic (exact) mass is 594 g/mol. The molecule has 0 aromatic heterocycles. The number of ether oxygens (including phenoxy) is 6. The van der Waals surface area contributed by atoms with Crippen molar-refractivity contribution in [1.29, 1.82) is 0 Å². The Morgan fingerprint density at radius 1 is 0.857 bits per heavy atom. The molecule has 3 aliphatic rings. The van der Waals surface area contributed by atoms with Gasteiger partial charge in [0.2, 0.25) is 6.29 Å². The van der Waals surface area contributed by atoms with Gasteiger partial charge in [-0.2, -0.15) is 0 Å². The van der Waals surface area contributed by atoms with Gasteiger partial charge in [-0.25, -0.2) is 0 Å². The number of phenolic OH excluding ortho intramolecular Hbond substituents is 1. The number of hydrogen-bond acceptors (Lipinski definition) is 14. The highest BCUT2D eigenvalue weighted by Crippen LogP contribution is 2.39. The molecular weight excluding hydrogens is 560 g/mol. The predicted octanol–water partition coefficient (Wildman–Crippen LogP) is -0.862. The maximum absolute atomic E-state index is 12.8. The number of carbonyl (C=O) groups excluding carboxylic acids is 1. The quantitative estimate of drug-likeness (QED) is 0.208. The Balaban J connectivity index is 1.27. The molecule has 3 heterocycles. The van der Waals surface area contributed by atoms with Crippen LogP contribution in [0.4, 0.5) is 0 Å². The fourth-order valence-corrected chi connectivity index (χ4v) is 5.10. The molecule has 0 spiro atoms. The highest BCUT2D eigenvalue weighted by Gasteiger charge is 2.47. The summed E-state index contributed by atoms with van der Waals surface area (Å²) in [5, 5.41) is 71.6. The average Bonchev–Trinajstić information content (AvgIpc) is 2.97. The smallest absolute Gasteiger partial charge is 0.229 e. The van der Waals surface area contributed by atoms with Crippen LogP contribution in [0.5, 0.6) is 23.0 Å². The summed E-state index contributed by atoms with van der Waals surface area (Å²) < 4.78 is 33.4. The largest absolute Gasteiger partial charge is 0.504 e. The summed E-state index contributed by atoms with van der Waals surface area (Å²) in [7, 11) is 1.42. The minimum Gasteiger partial charge on any atom is -0.504 e. The summed E-state index contributed by atoms with van der Waals surface area (Å²) in [6, 6.07) is 9.04. The molecule has 2 saturated heterocycles. The molecule has 2 aromatic rings. The number of rotatable bonds is 7. The van der Waals surface area contributed by atoms with Crippen LogP contribution in [0.15, 0.2) is 36.4 Å². The van der Waals surface area contributed by atoms with Gasteiger partial charge < -0.3 is 64.2 Å². The highest BCUT2D eigenvalue weighted by atomic mass is 16.7. The molecule has 7 N–H and O–H groups in total. The van der Waals surface area contributed by atoms with Crippen molar-refractivity contribution in [2.75, 3.05) is 13.7 Å². The first-order chi connectivity index (χ1) is 20.0. The van der Waals surface area contributed by atoms with Crippen molar-refractivity contribution in [3.8, 4) is 23.0 Å². The SMILES string of the molecule is COc1ccc([C@@H]2CC(=O)c3ccc(O[C@@H]4O[C@H](CO[C@@H]5O[C@@H](C)[C@H](O)[C@@H](O)[C@H]5O)[C@@H](O)[C@H](O)[C@H]4O)cc3O2)cc1O. The molecule has 14 heteroatoms. The Morgan fingerprint density at radius 2 is 1.57 bits per heavy atom. The molecule has 0 bridgehead atoms. The van der Waals surface area contributed by atoms with E-state index in [1.165, 1.54) is 38.3 Å². The zero-order chi connectivity index (χ0) is 30.3. The molecule has 0 amide bonds. The van der Waals surface area contributed by atoms with Crippen molar-refractivity contribution >= 4 is 5.78 Å². The molecule has 42 heavy (non-hydrogen) atoms. The van der Waals surface area contributed by atoms with Crippen molar-refractivity contribution in [3.63, 3.8) is 0 Å². The van der Waals surface area contributed by atoms with Gasteiger partial charge in [0.25, 0.3) is 0 Å². The first kappa shape index (κ1) is 30.4. The van der Waals surface area contributed by atoms with Gasteiger partial charge in [0.15, 0.2) is 23.6 Å². The number of aliphatic hydroxyl groups is 6. The molecule has 0 saturated carbocycles. The van der Waals surface area contributed by atoms with Crippen molar-refractivity contribution < 1.29 is 69.0 Å². The van der Waals surface area contributed by atoms with Crippen LogP contribution in [0.2, 0.25) is 0 Å². The lowest BCUT2D eigenvalue weighted by atomic mass is 9.96. The fourth-order valence-electron chi connectivity index (χ4n) is 5.10. The fraction of sp³-hybridized carbons (Fsp3) is 0.536. The summed E-state index contributed by atoms with van der Waals surface area (Å²) in [5.74, 6) is 0.265. The third-order valence-corrected chi connectivity index (χ3v) is 7.62. The van der Waals surface area contributed by atoms with Crippen molar-refractivity contribution in [3.05, 3.63) is 47.5 Å². The van der Waals surface area contributed by atoms with Gasteiger partial charge in [-0.15, -0.1) is 0 Å². The van der Waals surface area contributed by atoms with Crippen LogP contribution in [0.1, 0.15) is 35.4 Å². The summed E-state index contributed by atoms with van der Waals surface area (Å²) in [6.07, 6.45) is -15.1. The van der Waals surface area contributed by atoms with Crippen LogP contribution < -0.4 is 14.2 Å². The molecular formula is C28H34O14. The molecule has 2 fully saturated rings. The summed E-state index contributed by atoms with van der Waals surface area (Å²) in [6.45, 7) is 1.03. The number of aliphatic hydroxyl groups excluding tert-OH is 6. The molecule has 2 aromatic carbocycles. The molecule has 0 unspecified atom stereocenters. The van der Waals surface area contributed by atoms with Gasteiger partial charge in [-0.1, -0.05) is 6.07 Å². The van der Waals surface area contributed by atoms with E-state index >= 15 is 0 Å². The first-order valence-corrected chi connectivity index (χ1v) is 13.4. The Kier molecular flexibility index (Phi) is 8.89. The second kappa shape index (κ2) is 12.3. The minimum atomic E-state index is -1.71. The van der Waals surface area contributed by atoms with Crippen molar-refractivity contribution in [1.82, 2.24) is 0 Å². The van der Waals surface area contributed by atoms with Crippen LogP contribution in [0, 0.1) is 0 Å². The second-order valence-electron chi connectivity index (χ2n) is 10.5. The molecule has 11 atom stereocenters. The van der Waals surface area contributed by atoms with Crippen LogP contribution in [-0.2, 0) is 14.2 Å². The zero-order valence-corrected chi connectivity index (χ0v) is 22.7. The number of phenols is 1. The molecule has 5 rings (SSSR count). The number of fused-ring (bicyclic) bond motifs is 1. The zero-order valence-electron chi connectivity index (χ0n) is 22.7. The topological polar surface area (TPSA) is 214 Å². The van der Waals surface area contributed by atoms with E-state index in [-0.39, 0.29) is 35.2 Å². The van der Waals surface area contributed by atoms with Crippen LogP contribution in [-0.4, -0.2) is 117 Å². The van der Waals surface area contributed by atoms with Crippen LogP contribution >= 0.6 is 0 Å². The normalized spacial score (nSPS) is 36.6. The molecule has 3 aliphatic heterocycles. The van der Waals surface area contributed by atoms with Gasteiger partial charge in [0, 0.05) is 6.07 Å². The van der Waals surface area contributed by atoms with E-state index in [1.807, 2.05) is 0 Å². The maximum atomic E-state index is 12.8. The van der Waals surface area contributed by atoms with E-state index < -0.39 is 74.1 Å². The van der Waals surface area contributed by atoms with Gasteiger partial charge in [-0.3, -0.25) is 4.79 Å². The lowest BCUT2D eigenvalue weighted by Crippen LogP contribution is -2.61. The number of hydrogen-bond donors (Lipinski definition) is 7. The first-order valence-electron chi connectivity index (χ1n) is 13.4. The Morgan fingerprint density at radius 3 is 2.29 bits per heavy atom. The summed E-state index contributed by atoms with van der Waals surface area (Å²) in [4.78, 5) is 12.8. The number of Topliss-reactive ketones (excluding diaryl/α,β-unsaturated/α-hetero) is 1. The van der Waals surface area contributed by atoms with Crippen LogP contribution in [0.3, 0.4) is 0 Å². The average molecular weight is 595 g/mol. The van der Waals surface area contributed by atoms with Gasteiger partial charge >= 0.3 is 0 Å². The molecule has 14 nitrogen and oxygen atoms in total. The third-order valence-electron chi connectivity index (χ3n) is 7.62. The molecule has 230 valence electrons. The van der Waals surface area contributed by atoms with E-state index in [9.17, 15) is 40.5 Å². The Bertz CT molecular complexity index is 1270. The summed E-state index contributed by atoms with van der Waals surface area (Å²) in [5.41, 5.74) is 0.851. The van der Waals surface area contributed by atoms with Crippen molar-refractivity contribution in [2.24, 2.45) is 0 Å². The Labute approximate surface area is 240 Å². The number of benzene rings is 2. The van der Waals surface area contributed by atoms with Gasteiger partial charge in [-0.05, 0) is 36.8 Å².